The van der Waals surface area contributed by atoms with Crippen LogP contribution in [0.4, 0.5) is 18.9 Å². The summed E-state index contributed by atoms with van der Waals surface area (Å²) >= 11 is 1.49. The number of rotatable bonds is 5. The summed E-state index contributed by atoms with van der Waals surface area (Å²) in [5.41, 5.74) is 1.10. The Morgan fingerprint density at radius 3 is 2.55 bits per heavy atom. The zero-order valence-corrected chi connectivity index (χ0v) is 15.6. The smallest absolute Gasteiger partial charge is 0.262 e. The van der Waals surface area contributed by atoms with Crippen LogP contribution in [-0.4, -0.2) is 17.5 Å². The van der Waals surface area contributed by atoms with E-state index >= 15 is 0 Å². The van der Waals surface area contributed by atoms with E-state index in [4.69, 9.17) is 4.74 Å². The molecule has 0 unspecified atom stereocenters. The Morgan fingerprint density at radius 2 is 1.72 bits per heavy atom. The number of carbonyl (C=O) groups excluding carboxylic acids is 1. The molecule has 0 saturated carbocycles. The van der Waals surface area contributed by atoms with Gasteiger partial charge in [0, 0.05) is 0 Å². The van der Waals surface area contributed by atoms with Gasteiger partial charge in [0.1, 0.15) is 10.8 Å². The van der Waals surface area contributed by atoms with Crippen molar-refractivity contribution >= 4 is 33.1 Å². The molecule has 0 atom stereocenters. The molecular formula is C21H13F3N2O2S. The van der Waals surface area contributed by atoms with Gasteiger partial charge in [0.25, 0.3) is 5.91 Å². The molecule has 1 aromatic heterocycles. The zero-order chi connectivity index (χ0) is 20.4. The number of nitrogens with one attached hydrogen (secondary N) is 1. The number of anilines is 1. The fourth-order valence-electron chi connectivity index (χ4n) is 2.71. The lowest BCUT2D eigenvalue weighted by Crippen LogP contribution is -2.21. The first kappa shape index (κ1) is 18.9. The molecule has 146 valence electrons. The lowest BCUT2D eigenvalue weighted by atomic mass is 10.2. The van der Waals surface area contributed by atoms with E-state index in [2.05, 4.69) is 10.3 Å². The number of nitrogens with zero attached hydrogens (tertiary/aromatic N) is 1. The number of thiazole rings is 1. The highest BCUT2D eigenvalue weighted by Gasteiger charge is 2.16. The molecule has 0 spiro atoms. The molecule has 1 N–H and O–H groups in total. The maximum absolute atomic E-state index is 13.7. The Hall–Kier alpha value is -3.39. The minimum atomic E-state index is -1.65. The molecular weight excluding hydrogens is 401 g/mol. The molecule has 0 saturated heterocycles. The molecule has 1 heterocycles. The first-order valence-corrected chi connectivity index (χ1v) is 9.35. The number of carbonyl (C=O) groups is 1. The topological polar surface area (TPSA) is 51.2 Å². The van der Waals surface area contributed by atoms with Crippen molar-refractivity contribution in [3.63, 3.8) is 0 Å². The molecule has 0 aliphatic carbocycles. The van der Waals surface area contributed by atoms with Crippen LogP contribution in [0.15, 0.2) is 60.7 Å². The second kappa shape index (κ2) is 7.92. The molecule has 0 bridgehead atoms. The third kappa shape index (κ3) is 3.93. The monoisotopic (exact) mass is 414 g/mol. The van der Waals surface area contributed by atoms with Crippen molar-refractivity contribution in [2.45, 2.75) is 0 Å². The number of amides is 1. The molecule has 4 aromatic rings. The van der Waals surface area contributed by atoms with Crippen LogP contribution in [0, 0.1) is 17.5 Å². The van der Waals surface area contributed by atoms with Crippen molar-refractivity contribution in [1.29, 1.82) is 0 Å². The number of aromatic nitrogens is 1. The van der Waals surface area contributed by atoms with Gasteiger partial charge in [-0.3, -0.25) is 4.79 Å². The Bertz CT molecular complexity index is 1180. The molecule has 29 heavy (non-hydrogen) atoms. The van der Waals surface area contributed by atoms with Gasteiger partial charge in [-0.2, -0.15) is 0 Å². The first-order chi connectivity index (χ1) is 14.0. The van der Waals surface area contributed by atoms with Gasteiger partial charge < -0.3 is 10.1 Å². The minimum absolute atomic E-state index is 0.424. The molecule has 0 aliphatic rings. The quantitative estimate of drug-likeness (QED) is 0.445. The van der Waals surface area contributed by atoms with Gasteiger partial charge in [-0.25, -0.2) is 18.2 Å². The standard InChI is InChI=1S/C21H13F3N2O2S/c22-13-9-10-15(20(24)19(13)23)25-18(27)11-28-16-7-3-1-5-12(16)21-26-14-6-2-4-8-17(14)29-21/h1-10H,11H2,(H,25,27). The fraction of sp³-hybridized carbons (Fsp3) is 0.0476. The van der Waals surface area contributed by atoms with E-state index in [9.17, 15) is 18.0 Å². The molecule has 3 aromatic carbocycles. The SMILES string of the molecule is O=C(COc1ccccc1-c1nc2ccccc2s1)Nc1ccc(F)c(F)c1F. The van der Waals surface area contributed by atoms with Gasteiger partial charge in [-0.15, -0.1) is 11.3 Å². The van der Waals surface area contributed by atoms with Gasteiger partial charge in [0.05, 0.1) is 21.5 Å². The summed E-state index contributed by atoms with van der Waals surface area (Å²) in [6.07, 6.45) is 0. The lowest BCUT2D eigenvalue weighted by molar-refractivity contribution is -0.118. The highest BCUT2D eigenvalue weighted by molar-refractivity contribution is 7.21. The van der Waals surface area contributed by atoms with Gasteiger partial charge in [-0.1, -0.05) is 24.3 Å². The van der Waals surface area contributed by atoms with E-state index < -0.39 is 35.7 Å². The number of hydrogen-bond donors (Lipinski definition) is 1. The predicted octanol–water partition coefficient (Wildman–Crippen LogP) is 5.40. The van der Waals surface area contributed by atoms with E-state index in [1.807, 2.05) is 36.4 Å². The van der Waals surface area contributed by atoms with E-state index in [-0.39, 0.29) is 0 Å². The third-order valence-corrected chi connectivity index (χ3v) is 5.15. The Balaban J connectivity index is 1.51. The van der Waals surface area contributed by atoms with Crippen LogP contribution < -0.4 is 10.1 Å². The predicted molar refractivity (Wildman–Crippen MR) is 105 cm³/mol. The van der Waals surface area contributed by atoms with E-state index in [1.54, 1.807) is 12.1 Å². The van der Waals surface area contributed by atoms with Crippen LogP contribution in [0.5, 0.6) is 5.75 Å². The van der Waals surface area contributed by atoms with Crippen molar-refractivity contribution in [3.8, 4) is 16.3 Å². The number of fused-ring (bicyclic) bond motifs is 1. The molecule has 1 amide bonds. The van der Waals surface area contributed by atoms with E-state index in [0.29, 0.717) is 11.3 Å². The largest absolute Gasteiger partial charge is 0.483 e. The number of halogens is 3. The molecule has 4 nitrogen and oxygen atoms in total. The van der Waals surface area contributed by atoms with Crippen molar-refractivity contribution in [1.82, 2.24) is 4.98 Å². The molecule has 0 aliphatic heterocycles. The molecule has 4 rings (SSSR count). The zero-order valence-electron chi connectivity index (χ0n) is 14.8. The normalized spacial score (nSPS) is 10.9. The average Bonchev–Trinajstić information content (AvgIpc) is 3.17. The maximum Gasteiger partial charge on any atom is 0.262 e. The Kier molecular flexibility index (Phi) is 5.18. The maximum atomic E-state index is 13.7. The van der Waals surface area contributed by atoms with Gasteiger partial charge in [0.2, 0.25) is 0 Å². The Labute approximate surface area is 167 Å². The number of benzene rings is 3. The van der Waals surface area contributed by atoms with Crippen LogP contribution >= 0.6 is 11.3 Å². The van der Waals surface area contributed by atoms with Gasteiger partial charge >= 0.3 is 0 Å². The van der Waals surface area contributed by atoms with Crippen molar-refractivity contribution in [3.05, 3.63) is 78.1 Å². The van der Waals surface area contributed by atoms with Gasteiger partial charge in [0.15, 0.2) is 24.1 Å². The number of ether oxygens (including phenoxy) is 1. The fourth-order valence-corrected chi connectivity index (χ4v) is 3.70. The molecule has 0 radical (unpaired) electrons. The summed E-state index contributed by atoms with van der Waals surface area (Å²) in [7, 11) is 0. The van der Waals surface area contributed by atoms with Crippen LogP contribution in [0.25, 0.3) is 20.8 Å². The number of para-hydroxylation sites is 2. The van der Waals surface area contributed by atoms with E-state index in [0.717, 1.165) is 27.4 Å². The summed E-state index contributed by atoms with van der Waals surface area (Å²) in [6.45, 7) is -0.444. The summed E-state index contributed by atoms with van der Waals surface area (Å²) in [6, 6.07) is 16.5. The third-order valence-electron chi connectivity index (χ3n) is 4.08. The molecule has 8 heteroatoms. The first-order valence-electron chi connectivity index (χ1n) is 8.54. The van der Waals surface area contributed by atoms with Gasteiger partial charge in [-0.05, 0) is 36.4 Å². The van der Waals surface area contributed by atoms with Crippen LogP contribution in [0.2, 0.25) is 0 Å². The lowest BCUT2D eigenvalue weighted by Gasteiger charge is -2.11. The van der Waals surface area contributed by atoms with Crippen LogP contribution in [0.1, 0.15) is 0 Å². The summed E-state index contributed by atoms with van der Waals surface area (Å²) in [4.78, 5) is 16.7. The second-order valence-corrected chi connectivity index (χ2v) is 7.07. The van der Waals surface area contributed by atoms with Crippen LogP contribution in [-0.2, 0) is 4.79 Å². The molecule has 0 fully saturated rings. The van der Waals surface area contributed by atoms with Crippen molar-refractivity contribution < 1.29 is 22.7 Å². The van der Waals surface area contributed by atoms with Crippen molar-refractivity contribution in [2.24, 2.45) is 0 Å². The highest BCUT2D eigenvalue weighted by atomic mass is 32.1. The highest BCUT2D eigenvalue weighted by Crippen LogP contribution is 2.35. The summed E-state index contributed by atoms with van der Waals surface area (Å²) < 4.78 is 46.6. The summed E-state index contributed by atoms with van der Waals surface area (Å²) in [5, 5.41) is 2.90. The number of hydrogen-bond acceptors (Lipinski definition) is 4. The van der Waals surface area contributed by atoms with Crippen molar-refractivity contribution in [2.75, 3.05) is 11.9 Å². The second-order valence-electron chi connectivity index (χ2n) is 6.04. The Morgan fingerprint density at radius 1 is 0.966 bits per heavy atom. The minimum Gasteiger partial charge on any atom is -0.483 e. The van der Waals surface area contributed by atoms with Crippen LogP contribution in [0.3, 0.4) is 0 Å². The average molecular weight is 414 g/mol. The summed E-state index contributed by atoms with van der Waals surface area (Å²) in [5.74, 6) is -4.74. The van der Waals surface area contributed by atoms with E-state index in [1.165, 1.54) is 11.3 Å².